The lowest BCUT2D eigenvalue weighted by molar-refractivity contribution is -0.120. The predicted octanol–water partition coefficient (Wildman–Crippen LogP) is 2.55. The molecule has 2 aliphatic rings. The molecule has 0 aromatic carbocycles. The first-order valence-electron chi connectivity index (χ1n) is 5.22. The summed E-state index contributed by atoms with van der Waals surface area (Å²) in [5, 5.41) is 0. The molecule has 0 spiro atoms. The lowest BCUT2D eigenvalue weighted by Gasteiger charge is -2.40. The van der Waals surface area contributed by atoms with Crippen LogP contribution in [0, 0.1) is 11.8 Å². The third-order valence-corrected chi connectivity index (χ3v) is 3.61. The van der Waals surface area contributed by atoms with Crippen molar-refractivity contribution >= 4 is 0 Å². The minimum absolute atomic E-state index is 0.0324. The van der Waals surface area contributed by atoms with Gasteiger partial charge < -0.3 is 5.73 Å². The molecular formula is C10H17F2N. The minimum atomic E-state index is -2.40. The summed E-state index contributed by atoms with van der Waals surface area (Å²) < 4.78 is 25.2. The summed E-state index contributed by atoms with van der Waals surface area (Å²) in [4.78, 5) is 0. The molecule has 0 aliphatic heterocycles. The fourth-order valence-electron chi connectivity index (χ4n) is 2.71. The van der Waals surface area contributed by atoms with E-state index in [9.17, 15) is 8.78 Å². The average Bonchev–Trinajstić information content (AvgIpc) is 2.50. The van der Waals surface area contributed by atoms with Crippen LogP contribution in [0.4, 0.5) is 8.78 Å². The highest BCUT2D eigenvalue weighted by molar-refractivity contribution is 4.95. The van der Waals surface area contributed by atoms with Gasteiger partial charge in [0.1, 0.15) is 0 Å². The summed E-state index contributed by atoms with van der Waals surface area (Å²) in [6.07, 6.45) is 4.85. The molecule has 0 aromatic rings. The van der Waals surface area contributed by atoms with Crippen LogP contribution in [0.3, 0.4) is 0 Å². The Hall–Kier alpha value is -0.180. The third kappa shape index (κ3) is 1.85. The van der Waals surface area contributed by atoms with Crippen LogP contribution in [0.15, 0.2) is 0 Å². The Bertz CT molecular complexity index is 179. The van der Waals surface area contributed by atoms with Gasteiger partial charge in [-0.2, -0.15) is 0 Å². The molecule has 0 saturated heterocycles. The quantitative estimate of drug-likeness (QED) is 0.709. The van der Waals surface area contributed by atoms with Crippen LogP contribution in [0.1, 0.15) is 38.5 Å². The van der Waals surface area contributed by atoms with Crippen molar-refractivity contribution in [2.45, 2.75) is 50.5 Å². The molecule has 1 atom stereocenters. The van der Waals surface area contributed by atoms with Crippen molar-refractivity contribution in [3.63, 3.8) is 0 Å². The van der Waals surface area contributed by atoms with Gasteiger partial charge in [0.25, 0.3) is 0 Å². The van der Waals surface area contributed by atoms with Crippen molar-refractivity contribution in [1.82, 2.24) is 0 Å². The second kappa shape index (κ2) is 3.19. The fraction of sp³-hybridized carbons (Fsp3) is 1.00. The number of rotatable bonds is 2. The van der Waals surface area contributed by atoms with Gasteiger partial charge in [0.05, 0.1) is 0 Å². The van der Waals surface area contributed by atoms with E-state index in [0.29, 0.717) is 5.92 Å². The summed E-state index contributed by atoms with van der Waals surface area (Å²) >= 11 is 0. The standard InChI is InChI=1S/C10H17F2N/c11-10(12)5-8(6-10)9(13)7-3-1-2-4-7/h7-9H,1-6,13H2. The van der Waals surface area contributed by atoms with Gasteiger partial charge in [-0.05, 0) is 24.7 Å². The summed E-state index contributed by atoms with van der Waals surface area (Å²) in [7, 11) is 0. The van der Waals surface area contributed by atoms with Crippen LogP contribution in [0.2, 0.25) is 0 Å². The van der Waals surface area contributed by atoms with Crippen LogP contribution >= 0.6 is 0 Å². The van der Waals surface area contributed by atoms with Crippen LogP contribution in [-0.2, 0) is 0 Å². The van der Waals surface area contributed by atoms with Crippen molar-refractivity contribution in [3.8, 4) is 0 Å². The molecule has 0 amide bonds. The van der Waals surface area contributed by atoms with Crippen molar-refractivity contribution in [2.24, 2.45) is 17.6 Å². The lowest BCUT2D eigenvalue weighted by atomic mass is 9.72. The van der Waals surface area contributed by atoms with Crippen LogP contribution in [0.25, 0.3) is 0 Å². The Morgan fingerprint density at radius 3 is 2.08 bits per heavy atom. The Morgan fingerprint density at radius 1 is 1.08 bits per heavy atom. The summed E-state index contributed by atoms with van der Waals surface area (Å²) in [6.45, 7) is 0. The Balaban J connectivity index is 1.81. The highest BCUT2D eigenvalue weighted by Gasteiger charge is 2.49. The number of alkyl halides is 2. The van der Waals surface area contributed by atoms with Gasteiger partial charge in [-0.1, -0.05) is 12.8 Å². The maximum absolute atomic E-state index is 12.6. The molecule has 0 bridgehead atoms. The molecule has 0 aromatic heterocycles. The molecule has 1 nitrogen and oxygen atoms in total. The van der Waals surface area contributed by atoms with E-state index in [-0.39, 0.29) is 24.8 Å². The number of halogens is 2. The molecule has 2 fully saturated rings. The largest absolute Gasteiger partial charge is 0.327 e. The lowest BCUT2D eigenvalue weighted by Crippen LogP contribution is -2.48. The van der Waals surface area contributed by atoms with E-state index in [1.807, 2.05) is 0 Å². The maximum atomic E-state index is 12.6. The van der Waals surface area contributed by atoms with Crippen molar-refractivity contribution in [3.05, 3.63) is 0 Å². The number of hydrogen-bond acceptors (Lipinski definition) is 1. The number of hydrogen-bond donors (Lipinski definition) is 1. The predicted molar refractivity (Wildman–Crippen MR) is 47.6 cm³/mol. The van der Waals surface area contributed by atoms with Gasteiger partial charge in [0, 0.05) is 18.9 Å². The highest BCUT2D eigenvalue weighted by Crippen LogP contribution is 2.46. The molecule has 76 valence electrons. The molecule has 0 radical (unpaired) electrons. The molecule has 3 heteroatoms. The Morgan fingerprint density at radius 2 is 1.62 bits per heavy atom. The second-order valence-electron chi connectivity index (χ2n) is 4.65. The third-order valence-electron chi connectivity index (χ3n) is 3.61. The van der Waals surface area contributed by atoms with Crippen molar-refractivity contribution in [2.75, 3.05) is 0 Å². The van der Waals surface area contributed by atoms with Gasteiger partial charge >= 0.3 is 0 Å². The molecule has 0 heterocycles. The average molecular weight is 189 g/mol. The summed E-state index contributed by atoms with van der Waals surface area (Å²) in [5.74, 6) is -1.78. The van der Waals surface area contributed by atoms with Gasteiger partial charge in [-0.25, -0.2) is 8.78 Å². The SMILES string of the molecule is NC(C1CCCC1)C1CC(F)(F)C1. The topological polar surface area (TPSA) is 26.0 Å². The molecular weight excluding hydrogens is 172 g/mol. The minimum Gasteiger partial charge on any atom is -0.327 e. The van der Waals surface area contributed by atoms with E-state index in [0.717, 1.165) is 12.8 Å². The Labute approximate surface area is 77.7 Å². The Kier molecular flexibility index (Phi) is 2.30. The summed E-state index contributed by atoms with van der Waals surface area (Å²) in [6, 6.07) is 0.0436. The van der Waals surface area contributed by atoms with E-state index in [2.05, 4.69) is 0 Å². The molecule has 2 saturated carbocycles. The maximum Gasteiger partial charge on any atom is 0.248 e. The molecule has 13 heavy (non-hydrogen) atoms. The second-order valence-corrected chi connectivity index (χ2v) is 4.65. The molecule has 2 rings (SSSR count). The van der Waals surface area contributed by atoms with Gasteiger partial charge in [0.15, 0.2) is 0 Å². The fourth-order valence-corrected chi connectivity index (χ4v) is 2.71. The van der Waals surface area contributed by atoms with Crippen LogP contribution < -0.4 is 5.73 Å². The smallest absolute Gasteiger partial charge is 0.248 e. The molecule has 1 unspecified atom stereocenters. The molecule has 2 N–H and O–H groups in total. The first-order valence-corrected chi connectivity index (χ1v) is 5.22. The van der Waals surface area contributed by atoms with E-state index in [4.69, 9.17) is 5.73 Å². The van der Waals surface area contributed by atoms with E-state index >= 15 is 0 Å². The van der Waals surface area contributed by atoms with Crippen molar-refractivity contribution in [1.29, 1.82) is 0 Å². The van der Waals surface area contributed by atoms with Crippen LogP contribution in [-0.4, -0.2) is 12.0 Å². The van der Waals surface area contributed by atoms with E-state index in [1.165, 1.54) is 12.8 Å². The zero-order valence-corrected chi connectivity index (χ0v) is 7.81. The van der Waals surface area contributed by atoms with Gasteiger partial charge in [0.2, 0.25) is 5.92 Å². The zero-order chi connectivity index (χ0) is 9.47. The van der Waals surface area contributed by atoms with Crippen LogP contribution in [0.5, 0.6) is 0 Å². The number of nitrogens with two attached hydrogens (primary N) is 1. The first kappa shape index (κ1) is 9.38. The zero-order valence-electron chi connectivity index (χ0n) is 7.81. The highest BCUT2D eigenvalue weighted by atomic mass is 19.3. The van der Waals surface area contributed by atoms with Gasteiger partial charge in [-0.15, -0.1) is 0 Å². The monoisotopic (exact) mass is 189 g/mol. The normalized spacial score (nSPS) is 31.6. The van der Waals surface area contributed by atoms with Gasteiger partial charge in [-0.3, -0.25) is 0 Å². The van der Waals surface area contributed by atoms with E-state index < -0.39 is 5.92 Å². The molecule has 2 aliphatic carbocycles. The summed E-state index contributed by atoms with van der Waals surface area (Å²) in [5.41, 5.74) is 5.97. The first-order chi connectivity index (χ1) is 6.08. The van der Waals surface area contributed by atoms with Crippen molar-refractivity contribution < 1.29 is 8.78 Å². The van der Waals surface area contributed by atoms with E-state index in [1.54, 1.807) is 0 Å².